The lowest BCUT2D eigenvalue weighted by molar-refractivity contribution is 0.410. The Balaban J connectivity index is 2.30. The first-order chi connectivity index (χ1) is 10.1. The fourth-order valence-corrected chi connectivity index (χ4v) is 2.61. The van der Waals surface area contributed by atoms with Gasteiger partial charge in [-0.15, -0.1) is 0 Å². The van der Waals surface area contributed by atoms with Crippen molar-refractivity contribution in [2.45, 2.75) is 33.2 Å². The molecule has 0 saturated heterocycles. The number of nitrogens with one attached hydrogen (secondary N) is 1. The van der Waals surface area contributed by atoms with Crippen molar-refractivity contribution >= 4 is 0 Å². The summed E-state index contributed by atoms with van der Waals surface area (Å²) in [7, 11) is 3.65. The molecule has 2 aromatic heterocycles. The van der Waals surface area contributed by atoms with Gasteiger partial charge in [-0.1, -0.05) is 6.92 Å². The topological polar surface area (TPSA) is 52.0 Å². The highest BCUT2D eigenvalue weighted by Gasteiger charge is 2.17. The van der Waals surface area contributed by atoms with Gasteiger partial charge in [0.1, 0.15) is 5.75 Å². The van der Waals surface area contributed by atoms with Crippen LogP contribution in [0.3, 0.4) is 0 Å². The third-order valence-electron chi connectivity index (χ3n) is 3.89. The predicted octanol–water partition coefficient (Wildman–Crippen LogP) is 2.33. The summed E-state index contributed by atoms with van der Waals surface area (Å²) in [5.41, 5.74) is 4.74. The number of aryl methyl sites for hydroxylation is 2. The summed E-state index contributed by atoms with van der Waals surface area (Å²) in [6.07, 6.45) is 4.53. The first kappa shape index (κ1) is 15.5. The third-order valence-corrected chi connectivity index (χ3v) is 3.89. The van der Waals surface area contributed by atoms with E-state index < -0.39 is 0 Å². The van der Waals surface area contributed by atoms with Crippen LogP contribution in [0.2, 0.25) is 0 Å². The van der Waals surface area contributed by atoms with Crippen molar-refractivity contribution in [3.63, 3.8) is 0 Å². The highest BCUT2D eigenvalue weighted by molar-refractivity contribution is 5.31. The fourth-order valence-electron chi connectivity index (χ4n) is 2.61. The first-order valence-electron chi connectivity index (χ1n) is 7.28. The summed E-state index contributed by atoms with van der Waals surface area (Å²) >= 11 is 0. The molecule has 2 rings (SSSR count). The van der Waals surface area contributed by atoms with Gasteiger partial charge in [0.15, 0.2) is 0 Å². The van der Waals surface area contributed by atoms with Crippen LogP contribution in [0.25, 0.3) is 0 Å². The van der Waals surface area contributed by atoms with E-state index in [0.29, 0.717) is 0 Å². The number of pyridine rings is 1. The van der Waals surface area contributed by atoms with Crippen LogP contribution in [0.5, 0.6) is 5.75 Å². The Morgan fingerprint density at radius 1 is 1.33 bits per heavy atom. The van der Waals surface area contributed by atoms with Crippen LogP contribution in [0.1, 0.15) is 35.5 Å². The van der Waals surface area contributed by atoms with E-state index in [1.165, 1.54) is 11.3 Å². The summed E-state index contributed by atoms with van der Waals surface area (Å²) in [5, 5.41) is 8.03. The van der Waals surface area contributed by atoms with Gasteiger partial charge in [-0.3, -0.25) is 9.67 Å². The fraction of sp³-hybridized carbons (Fsp3) is 0.500. The number of rotatable bonds is 6. The molecule has 0 fully saturated rings. The SMILES string of the molecule is CCNC(Cc1c(C)nn(C)c1C)c1cncc(OC)c1. The molecule has 0 saturated carbocycles. The quantitative estimate of drug-likeness (QED) is 0.886. The molecule has 0 spiro atoms. The second kappa shape index (κ2) is 6.72. The van der Waals surface area contributed by atoms with Crippen LogP contribution in [0.4, 0.5) is 0 Å². The van der Waals surface area contributed by atoms with Crippen molar-refractivity contribution in [3.05, 3.63) is 41.0 Å². The molecular formula is C16H24N4O. The molecule has 0 aliphatic rings. The third kappa shape index (κ3) is 3.42. The normalized spacial score (nSPS) is 12.4. The van der Waals surface area contributed by atoms with Gasteiger partial charge in [-0.25, -0.2) is 0 Å². The van der Waals surface area contributed by atoms with Crippen LogP contribution in [-0.4, -0.2) is 28.4 Å². The number of likely N-dealkylation sites (N-methyl/N-ethyl adjacent to an activating group) is 1. The predicted molar refractivity (Wildman–Crippen MR) is 83.6 cm³/mol. The van der Waals surface area contributed by atoms with Crippen molar-refractivity contribution in [1.29, 1.82) is 0 Å². The number of ether oxygens (including phenoxy) is 1. The molecule has 5 heteroatoms. The van der Waals surface area contributed by atoms with Gasteiger partial charge in [-0.05, 0) is 44.0 Å². The smallest absolute Gasteiger partial charge is 0.137 e. The average Bonchev–Trinajstić information content (AvgIpc) is 2.73. The number of hydrogen-bond acceptors (Lipinski definition) is 4. The van der Waals surface area contributed by atoms with Crippen molar-refractivity contribution in [2.75, 3.05) is 13.7 Å². The van der Waals surface area contributed by atoms with Crippen molar-refractivity contribution in [3.8, 4) is 5.75 Å². The zero-order chi connectivity index (χ0) is 15.4. The van der Waals surface area contributed by atoms with Crippen molar-refractivity contribution in [2.24, 2.45) is 7.05 Å². The zero-order valence-corrected chi connectivity index (χ0v) is 13.5. The molecule has 21 heavy (non-hydrogen) atoms. The molecule has 114 valence electrons. The highest BCUT2D eigenvalue weighted by Crippen LogP contribution is 2.24. The van der Waals surface area contributed by atoms with E-state index in [-0.39, 0.29) is 6.04 Å². The Hall–Kier alpha value is -1.88. The summed E-state index contributed by atoms with van der Waals surface area (Å²) in [5.74, 6) is 0.787. The van der Waals surface area contributed by atoms with E-state index in [2.05, 4.69) is 36.2 Å². The molecule has 0 aliphatic heterocycles. The standard InChI is InChI=1S/C16H24N4O/c1-6-18-16(13-7-14(21-5)10-17-9-13)8-15-11(2)19-20(4)12(15)3/h7,9-10,16,18H,6,8H2,1-5H3. The lowest BCUT2D eigenvalue weighted by Gasteiger charge is -2.19. The molecule has 0 radical (unpaired) electrons. The van der Waals surface area contributed by atoms with Gasteiger partial charge in [0.2, 0.25) is 0 Å². The maximum Gasteiger partial charge on any atom is 0.137 e. The van der Waals surface area contributed by atoms with Gasteiger partial charge >= 0.3 is 0 Å². The molecule has 1 N–H and O–H groups in total. The van der Waals surface area contributed by atoms with Gasteiger partial charge in [-0.2, -0.15) is 5.10 Å². The Bertz CT molecular complexity index is 606. The highest BCUT2D eigenvalue weighted by atomic mass is 16.5. The first-order valence-corrected chi connectivity index (χ1v) is 7.28. The molecule has 1 unspecified atom stereocenters. The number of methoxy groups -OCH3 is 1. The van der Waals surface area contributed by atoms with E-state index in [0.717, 1.165) is 30.0 Å². The number of aromatic nitrogens is 3. The molecule has 0 aliphatic carbocycles. The van der Waals surface area contributed by atoms with E-state index in [1.54, 1.807) is 13.3 Å². The van der Waals surface area contributed by atoms with Crippen LogP contribution in [0.15, 0.2) is 18.5 Å². The minimum absolute atomic E-state index is 0.208. The molecule has 2 aromatic rings. The average molecular weight is 288 g/mol. The maximum atomic E-state index is 5.28. The molecule has 5 nitrogen and oxygen atoms in total. The lowest BCUT2D eigenvalue weighted by Crippen LogP contribution is -2.23. The van der Waals surface area contributed by atoms with E-state index in [4.69, 9.17) is 4.74 Å². The number of nitrogens with zero attached hydrogens (tertiary/aromatic N) is 3. The zero-order valence-electron chi connectivity index (χ0n) is 13.5. The molecule has 1 atom stereocenters. The Kier molecular flexibility index (Phi) is 4.96. The maximum absolute atomic E-state index is 5.28. The largest absolute Gasteiger partial charge is 0.495 e. The second-order valence-electron chi connectivity index (χ2n) is 5.25. The summed E-state index contributed by atoms with van der Waals surface area (Å²) < 4.78 is 7.22. The molecule has 0 aromatic carbocycles. The van der Waals surface area contributed by atoms with Crippen LogP contribution < -0.4 is 10.1 Å². The summed E-state index contributed by atoms with van der Waals surface area (Å²) in [4.78, 5) is 4.26. The van der Waals surface area contributed by atoms with Gasteiger partial charge in [0.25, 0.3) is 0 Å². The van der Waals surface area contributed by atoms with Crippen molar-refractivity contribution in [1.82, 2.24) is 20.1 Å². The number of hydrogen-bond donors (Lipinski definition) is 1. The Labute approximate surface area is 126 Å². The van der Waals surface area contributed by atoms with Crippen LogP contribution in [-0.2, 0) is 13.5 Å². The minimum atomic E-state index is 0.208. The van der Waals surface area contributed by atoms with Gasteiger partial charge in [0, 0.05) is 25.0 Å². The Morgan fingerprint density at radius 3 is 2.67 bits per heavy atom. The van der Waals surface area contributed by atoms with E-state index >= 15 is 0 Å². The molecule has 0 amide bonds. The molecule has 0 bridgehead atoms. The van der Waals surface area contributed by atoms with Crippen molar-refractivity contribution < 1.29 is 4.74 Å². The van der Waals surface area contributed by atoms with Gasteiger partial charge in [0.05, 0.1) is 19.0 Å². The lowest BCUT2D eigenvalue weighted by atomic mass is 9.98. The van der Waals surface area contributed by atoms with E-state index in [1.807, 2.05) is 24.0 Å². The Morgan fingerprint density at radius 2 is 2.10 bits per heavy atom. The second-order valence-corrected chi connectivity index (χ2v) is 5.25. The van der Waals surface area contributed by atoms with Gasteiger partial charge < -0.3 is 10.1 Å². The molecular weight excluding hydrogens is 264 g/mol. The summed E-state index contributed by atoms with van der Waals surface area (Å²) in [6.45, 7) is 7.20. The van der Waals surface area contributed by atoms with Crippen LogP contribution in [0, 0.1) is 13.8 Å². The summed E-state index contributed by atoms with van der Waals surface area (Å²) in [6, 6.07) is 2.25. The van der Waals surface area contributed by atoms with E-state index in [9.17, 15) is 0 Å². The minimum Gasteiger partial charge on any atom is -0.495 e. The monoisotopic (exact) mass is 288 g/mol. The van der Waals surface area contributed by atoms with Crippen LogP contribution >= 0.6 is 0 Å². The molecule has 2 heterocycles.